The third-order valence-corrected chi connectivity index (χ3v) is 3.21. The van der Waals surface area contributed by atoms with Crippen molar-refractivity contribution in [3.05, 3.63) is 29.3 Å². The number of rotatable bonds is 5. The average molecular weight is 304 g/mol. The number of hydrogen-bond acceptors (Lipinski definition) is 2. The lowest BCUT2D eigenvalue weighted by Crippen LogP contribution is -2.33. The second-order valence-corrected chi connectivity index (χ2v) is 5.32. The van der Waals surface area contributed by atoms with Crippen molar-refractivity contribution in [2.45, 2.75) is 39.4 Å². The van der Waals surface area contributed by atoms with Gasteiger partial charge in [0.25, 0.3) is 0 Å². The van der Waals surface area contributed by atoms with E-state index >= 15 is 0 Å². The topological polar surface area (TPSA) is 29.3 Å². The monoisotopic (exact) mass is 304 g/mol. The minimum absolute atomic E-state index is 0.0205. The van der Waals surface area contributed by atoms with Crippen LogP contribution in [-0.4, -0.2) is 17.6 Å². The molecule has 0 fully saturated rings. The summed E-state index contributed by atoms with van der Waals surface area (Å²) in [5.74, 6) is 0. The molecule has 0 aromatic heterocycles. The molecule has 0 bridgehead atoms. The number of thiocarbonyl (C=S) groups is 1. The van der Waals surface area contributed by atoms with Gasteiger partial charge in [-0.05, 0) is 38.5 Å². The molecule has 112 valence electrons. The summed E-state index contributed by atoms with van der Waals surface area (Å²) in [7, 11) is 0. The van der Waals surface area contributed by atoms with Gasteiger partial charge in [0, 0.05) is 23.8 Å². The van der Waals surface area contributed by atoms with Crippen molar-refractivity contribution >= 4 is 22.9 Å². The van der Waals surface area contributed by atoms with Gasteiger partial charge in [0.15, 0.2) is 0 Å². The Morgan fingerprint density at radius 3 is 2.35 bits per heavy atom. The molecule has 0 aliphatic rings. The largest absolute Gasteiger partial charge is 0.416 e. The van der Waals surface area contributed by atoms with Crippen LogP contribution in [0.2, 0.25) is 0 Å². The summed E-state index contributed by atoms with van der Waals surface area (Å²) in [6, 6.07) is 3.71. The van der Waals surface area contributed by atoms with Crippen molar-refractivity contribution in [1.82, 2.24) is 0 Å². The van der Waals surface area contributed by atoms with Gasteiger partial charge in [0.05, 0.1) is 5.56 Å². The van der Waals surface area contributed by atoms with Crippen LogP contribution in [0, 0.1) is 0 Å². The van der Waals surface area contributed by atoms with Crippen molar-refractivity contribution in [1.29, 1.82) is 0 Å². The Morgan fingerprint density at radius 2 is 1.95 bits per heavy atom. The first-order chi connectivity index (χ1) is 9.18. The Balaban J connectivity index is 3.36. The van der Waals surface area contributed by atoms with Crippen LogP contribution in [-0.2, 0) is 6.18 Å². The van der Waals surface area contributed by atoms with E-state index in [1.807, 2.05) is 25.7 Å². The molecule has 1 aromatic rings. The molecule has 0 aliphatic carbocycles. The zero-order valence-corrected chi connectivity index (χ0v) is 12.6. The summed E-state index contributed by atoms with van der Waals surface area (Å²) in [4.78, 5) is 1.99. The number of halogens is 3. The van der Waals surface area contributed by atoms with E-state index in [4.69, 9.17) is 18.0 Å². The highest BCUT2D eigenvalue weighted by molar-refractivity contribution is 7.80. The summed E-state index contributed by atoms with van der Waals surface area (Å²) in [5, 5.41) is 0. The Labute approximate surface area is 122 Å². The van der Waals surface area contributed by atoms with Gasteiger partial charge in [-0.15, -0.1) is 0 Å². The molecule has 1 rings (SSSR count). The van der Waals surface area contributed by atoms with Crippen molar-refractivity contribution in [3.8, 4) is 0 Å². The predicted octanol–water partition coefficient (Wildman–Crippen LogP) is 3.96. The van der Waals surface area contributed by atoms with E-state index < -0.39 is 11.7 Å². The van der Waals surface area contributed by atoms with Crippen LogP contribution >= 0.6 is 12.2 Å². The third-order valence-electron chi connectivity index (χ3n) is 2.99. The lowest BCUT2D eigenvalue weighted by molar-refractivity contribution is -0.137. The lowest BCUT2D eigenvalue weighted by atomic mass is 10.1. The number of nitrogens with zero attached hydrogens (tertiary/aromatic N) is 1. The fourth-order valence-corrected chi connectivity index (χ4v) is 2.22. The minimum atomic E-state index is -4.40. The summed E-state index contributed by atoms with van der Waals surface area (Å²) in [5.41, 5.74) is 5.80. The molecule has 0 radical (unpaired) electrons. The van der Waals surface area contributed by atoms with Gasteiger partial charge >= 0.3 is 6.18 Å². The fraction of sp³-hybridized carbons (Fsp3) is 0.500. The van der Waals surface area contributed by atoms with Gasteiger partial charge in [-0.25, -0.2) is 0 Å². The third kappa shape index (κ3) is 3.85. The first-order valence-electron chi connectivity index (χ1n) is 6.46. The van der Waals surface area contributed by atoms with Crippen LogP contribution in [0.1, 0.15) is 38.3 Å². The van der Waals surface area contributed by atoms with Gasteiger partial charge in [-0.2, -0.15) is 13.2 Å². The number of alkyl halides is 3. The number of hydrogen-bond donors (Lipinski definition) is 1. The molecule has 20 heavy (non-hydrogen) atoms. The Bertz CT molecular complexity index is 484. The zero-order valence-electron chi connectivity index (χ0n) is 11.8. The van der Waals surface area contributed by atoms with Gasteiger partial charge in [0.2, 0.25) is 0 Å². The van der Waals surface area contributed by atoms with E-state index in [1.54, 1.807) is 0 Å². The lowest BCUT2D eigenvalue weighted by Gasteiger charge is -2.31. The van der Waals surface area contributed by atoms with Crippen molar-refractivity contribution < 1.29 is 13.2 Å². The quantitative estimate of drug-likeness (QED) is 0.835. The van der Waals surface area contributed by atoms with Gasteiger partial charge in [-0.3, -0.25) is 0 Å². The number of nitrogens with two attached hydrogens (primary N) is 1. The molecule has 0 spiro atoms. The molecule has 0 heterocycles. The smallest absolute Gasteiger partial charge is 0.389 e. The van der Waals surface area contributed by atoms with Crippen LogP contribution in [0.15, 0.2) is 18.2 Å². The standard InChI is InChI=1S/C14H19F3N2S/c1-4-7-19(9(2)3)12-6-5-10(14(15,16)17)8-11(12)13(18)20/h5-6,8-9H,4,7H2,1-3H3,(H2,18,20). The summed E-state index contributed by atoms with van der Waals surface area (Å²) in [6.45, 7) is 6.71. The molecule has 0 unspecified atom stereocenters. The summed E-state index contributed by atoms with van der Waals surface area (Å²) >= 11 is 4.91. The van der Waals surface area contributed by atoms with E-state index in [1.165, 1.54) is 6.07 Å². The van der Waals surface area contributed by atoms with E-state index in [0.29, 0.717) is 5.69 Å². The maximum Gasteiger partial charge on any atom is 0.416 e. The molecule has 0 saturated carbocycles. The molecule has 6 heteroatoms. The van der Waals surface area contributed by atoms with E-state index in [0.717, 1.165) is 25.1 Å². The maximum absolute atomic E-state index is 12.8. The molecule has 0 saturated heterocycles. The fourth-order valence-electron chi connectivity index (χ4n) is 2.06. The van der Waals surface area contributed by atoms with Crippen LogP contribution < -0.4 is 10.6 Å². The van der Waals surface area contributed by atoms with Crippen molar-refractivity contribution in [3.63, 3.8) is 0 Å². The van der Waals surface area contributed by atoms with E-state index in [-0.39, 0.29) is 16.6 Å². The summed E-state index contributed by atoms with van der Waals surface area (Å²) in [6.07, 6.45) is -3.51. The van der Waals surface area contributed by atoms with Crippen LogP contribution in [0.25, 0.3) is 0 Å². The molecule has 2 nitrogen and oxygen atoms in total. The van der Waals surface area contributed by atoms with Crippen LogP contribution in [0.4, 0.5) is 18.9 Å². The molecule has 0 amide bonds. The molecular weight excluding hydrogens is 285 g/mol. The molecule has 0 atom stereocenters. The first kappa shape index (κ1) is 16.8. The highest BCUT2D eigenvalue weighted by atomic mass is 32.1. The molecule has 2 N–H and O–H groups in total. The van der Waals surface area contributed by atoms with Crippen molar-refractivity contribution in [2.24, 2.45) is 5.73 Å². The Hall–Kier alpha value is -1.30. The van der Waals surface area contributed by atoms with Crippen molar-refractivity contribution in [2.75, 3.05) is 11.4 Å². The van der Waals surface area contributed by atoms with Crippen LogP contribution in [0.5, 0.6) is 0 Å². The van der Waals surface area contributed by atoms with Gasteiger partial charge in [-0.1, -0.05) is 19.1 Å². The zero-order chi connectivity index (χ0) is 15.5. The molecular formula is C14H19F3N2S. The van der Waals surface area contributed by atoms with Gasteiger partial charge in [0.1, 0.15) is 4.99 Å². The minimum Gasteiger partial charge on any atom is -0.389 e. The predicted molar refractivity (Wildman–Crippen MR) is 80.1 cm³/mol. The van der Waals surface area contributed by atoms with E-state index in [9.17, 15) is 13.2 Å². The first-order valence-corrected chi connectivity index (χ1v) is 6.87. The highest BCUT2D eigenvalue weighted by Crippen LogP contribution is 2.33. The highest BCUT2D eigenvalue weighted by Gasteiger charge is 2.31. The van der Waals surface area contributed by atoms with Gasteiger partial charge < -0.3 is 10.6 Å². The molecule has 0 aliphatic heterocycles. The van der Waals surface area contributed by atoms with Crippen LogP contribution in [0.3, 0.4) is 0 Å². The number of anilines is 1. The summed E-state index contributed by atoms with van der Waals surface area (Å²) < 4.78 is 38.3. The normalized spacial score (nSPS) is 11.8. The SMILES string of the molecule is CCCN(c1ccc(C(F)(F)F)cc1C(N)=S)C(C)C. The second-order valence-electron chi connectivity index (χ2n) is 4.88. The number of benzene rings is 1. The molecule has 1 aromatic carbocycles. The second kappa shape index (κ2) is 6.43. The Morgan fingerprint density at radius 1 is 1.35 bits per heavy atom. The average Bonchev–Trinajstić information content (AvgIpc) is 2.33. The maximum atomic E-state index is 12.8. The van der Waals surface area contributed by atoms with E-state index in [2.05, 4.69) is 0 Å². The Kier molecular flexibility index (Phi) is 5.39.